The normalized spacial score (nSPS) is 14.6. The first kappa shape index (κ1) is 15.0. The van der Waals surface area contributed by atoms with Crippen molar-refractivity contribution in [1.29, 1.82) is 0 Å². The van der Waals surface area contributed by atoms with Crippen LogP contribution in [0.1, 0.15) is 21.9 Å². The number of carbonyl (C=O) groups excluding carboxylic acids is 1. The molecule has 0 saturated carbocycles. The number of hydrogen-bond acceptors (Lipinski definition) is 5. The maximum atomic E-state index is 12.9. The highest BCUT2D eigenvalue weighted by Crippen LogP contribution is 2.32. The van der Waals surface area contributed by atoms with Crippen LogP contribution < -0.4 is 15.5 Å². The van der Waals surface area contributed by atoms with Crippen LogP contribution in [0.3, 0.4) is 0 Å². The van der Waals surface area contributed by atoms with Gasteiger partial charge in [-0.15, -0.1) is 11.3 Å². The Balaban J connectivity index is 1.92. The lowest BCUT2D eigenvalue weighted by Gasteiger charge is -2.23. The van der Waals surface area contributed by atoms with Crippen molar-refractivity contribution in [2.75, 3.05) is 36.5 Å². The fraction of sp³-hybridized carbons (Fsp3) is 0.375. The quantitative estimate of drug-likeness (QED) is 0.942. The molecule has 0 bridgehead atoms. The van der Waals surface area contributed by atoms with E-state index in [1.54, 1.807) is 0 Å². The van der Waals surface area contributed by atoms with E-state index in [9.17, 15) is 4.79 Å². The zero-order valence-electron chi connectivity index (χ0n) is 12.7. The fourth-order valence-electron chi connectivity index (χ4n) is 2.72. The maximum Gasteiger partial charge on any atom is 0.277 e. The van der Waals surface area contributed by atoms with E-state index in [-0.39, 0.29) is 5.91 Å². The Bertz CT molecular complexity index is 670. The lowest BCUT2D eigenvalue weighted by Crippen LogP contribution is -2.31. The maximum absolute atomic E-state index is 12.9. The van der Waals surface area contributed by atoms with Crippen molar-refractivity contribution in [3.8, 4) is 0 Å². The summed E-state index contributed by atoms with van der Waals surface area (Å²) in [4.78, 5) is 21.3. The van der Waals surface area contributed by atoms with Crippen LogP contribution >= 0.6 is 11.3 Å². The molecule has 1 aromatic carbocycles. The number of nitrogens with zero attached hydrogens (tertiary/aromatic N) is 3. The van der Waals surface area contributed by atoms with Gasteiger partial charge in [-0.1, -0.05) is 12.1 Å². The number of carbonyl (C=O) groups is 1. The van der Waals surface area contributed by atoms with Gasteiger partial charge in [0.15, 0.2) is 0 Å². The zero-order chi connectivity index (χ0) is 15.5. The van der Waals surface area contributed by atoms with Crippen LogP contribution in [0.25, 0.3) is 0 Å². The molecule has 2 aromatic rings. The minimum absolute atomic E-state index is 0.0257. The van der Waals surface area contributed by atoms with Crippen molar-refractivity contribution in [2.45, 2.75) is 12.8 Å². The number of thiazole rings is 1. The van der Waals surface area contributed by atoms with Crippen LogP contribution in [0.2, 0.25) is 0 Å². The Hall–Kier alpha value is -1.92. The Morgan fingerprint density at radius 1 is 1.32 bits per heavy atom. The number of rotatable bonds is 3. The van der Waals surface area contributed by atoms with E-state index in [1.807, 2.05) is 28.5 Å². The highest BCUT2D eigenvalue weighted by atomic mass is 32.1. The number of fused-ring (bicyclic) bond motifs is 1. The van der Waals surface area contributed by atoms with Gasteiger partial charge >= 0.3 is 0 Å². The SMILES string of the molecule is CN1CCCN(C(=O)c2csc(CCN)n2)c2ccccc21. The summed E-state index contributed by atoms with van der Waals surface area (Å²) in [6.45, 7) is 2.21. The van der Waals surface area contributed by atoms with E-state index in [0.29, 0.717) is 18.8 Å². The Labute approximate surface area is 134 Å². The molecule has 116 valence electrons. The molecule has 2 N–H and O–H groups in total. The molecule has 22 heavy (non-hydrogen) atoms. The number of hydrogen-bond donors (Lipinski definition) is 1. The standard InChI is InChI=1S/C16H20N4OS/c1-19-9-4-10-20(14-6-3-2-5-13(14)19)16(21)12-11-22-15(18-12)7-8-17/h2-3,5-6,11H,4,7-10,17H2,1H3. The summed E-state index contributed by atoms with van der Waals surface area (Å²) in [5, 5.41) is 2.76. The number of nitrogens with two attached hydrogens (primary N) is 1. The smallest absolute Gasteiger partial charge is 0.277 e. The molecule has 0 radical (unpaired) electrons. The summed E-state index contributed by atoms with van der Waals surface area (Å²) >= 11 is 1.50. The number of anilines is 2. The van der Waals surface area contributed by atoms with E-state index in [4.69, 9.17) is 5.73 Å². The van der Waals surface area contributed by atoms with Crippen LogP contribution in [-0.2, 0) is 6.42 Å². The Morgan fingerprint density at radius 3 is 2.86 bits per heavy atom. The summed E-state index contributed by atoms with van der Waals surface area (Å²) in [5.41, 5.74) is 8.12. The van der Waals surface area contributed by atoms with E-state index < -0.39 is 0 Å². The van der Waals surface area contributed by atoms with Crippen molar-refractivity contribution < 1.29 is 4.79 Å². The van der Waals surface area contributed by atoms with Gasteiger partial charge in [-0.05, 0) is 25.1 Å². The summed E-state index contributed by atoms with van der Waals surface area (Å²) < 4.78 is 0. The van der Waals surface area contributed by atoms with Crippen LogP contribution in [0.15, 0.2) is 29.6 Å². The predicted octanol–water partition coefficient (Wildman–Crippen LogP) is 2.13. The minimum atomic E-state index is -0.0257. The second kappa shape index (κ2) is 6.46. The monoisotopic (exact) mass is 316 g/mol. The third-order valence-electron chi connectivity index (χ3n) is 3.83. The van der Waals surface area contributed by atoms with Crippen molar-refractivity contribution in [1.82, 2.24) is 4.98 Å². The van der Waals surface area contributed by atoms with Gasteiger partial charge < -0.3 is 15.5 Å². The lowest BCUT2D eigenvalue weighted by molar-refractivity contribution is 0.0983. The Kier molecular flexibility index (Phi) is 4.40. The minimum Gasteiger partial charge on any atom is -0.373 e. The third kappa shape index (κ3) is 2.84. The zero-order valence-corrected chi connectivity index (χ0v) is 13.5. The predicted molar refractivity (Wildman–Crippen MR) is 90.9 cm³/mol. The molecule has 2 heterocycles. The first-order valence-corrected chi connectivity index (χ1v) is 8.35. The molecule has 1 aromatic heterocycles. The molecule has 6 heteroatoms. The van der Waals surface area contributed by atoms with Crippen molar-refractivity contribution in [2.24, 2.45) is 5.73 Å². The van der Waals surface area contributed by atoms with Crippen molar-refractivity contribution in [3.05, 3.63) is 40.3 Å². The van der Waals surface area contributed by atoms with Gasteiger partial charge in [0.05, 0.1) is 16.4 Å². The molecule has 5 nitrogen and oxygen atoms in total. The van der Waals surface area contributed by atoms with Crippen LogP contribution in [0.4, 0.5) is 11.4 Å². The summed E-state index contributed by atoms with van der Waals surface area (Å²) in [7, 11) is 2.06. The number of benzene rings is 1. The van der Waals surface area contributed by atoms with Gasteiger partial charge in [-0.2, -0.15) is 0 Å². The molecular formula is C16H20N4OS. The largest absolute Gasteiger partial charge is 0.373 e. The fourth-order valence-corrected chi connectivity index (χ4v) is 3.51. The van der Waals surface area contributed by atoms with Gasteiger partial charge in [-0.25, -0.2) is 4.98 Å². The molecule has 0 unspecified atom stereocenters. The highest BCUT2D eigenvalue weighted by Gasteiger charge is 2.25. The highest BCUT2D eigenvalue weighted by molar-refractivity contribution is 7.09. The molecule has 1 aliphatic rings. The second-order valence-electron chi connectivity index (χ2n) is 5.39. The molecule has 0 atom stereocenters. The van der Waals surface area contributed by atoms with Gasteiger partial charge in [0.1, 0.15) is 5.69 Å². The molecule has 1 aliphatic heterocycles. The number of aromatic nitrogens is 1. The van der Waals surface area contributed by atoms with Crippen LogP contribution in [0.5, 0.6) is 0 Å². The summed E-state index contributed by atoms with van der Waals surface area (Å²) in [5.74, 6) is -0.0257. The van der Waals surface area contributed by atoms with Crippen LogP contribution in [-0.4, -0.2) is 37.6 Å². The molecular weight excluding hydrogens is 296 g/mol. The van der Waals surface area contributed by atoms with Gasteiger partial charge in [0, 0.05) is 31.9 Å². The molecule has 0 saturated heterocycles. The van der Waals surface area contributed by atoms with E-state index in [1.165, 1.54) is 11.3 Å². The average Bonchev–Trinajstić information content (AvgIpc) is 2.93. The van der Waals surface area contributed by atoms with E-state index in [2.05, 4.69) is 23.0 Å². The van der Waals surface area contributed by atoms with Gasteiger partial charge in [0.25, 0.3) is 5.91 Å². The van der Waals surface area contributed by atoms with Crippen molar-refractivity contribution >= 4 is 28.6 Å². The van der Waals surface area contributed by atoms with Crippen LogP contribution in [0, 0.1) is 0 Å². The molecule has 3 rings (SSSR count). The second-order valence-corrected chi connectivity index (χ2v) is 6.33. The Morgan fingerprint density at radius 2 is 2.09 bits per heavy atom. The number of para-hydroxylation sites is 2. The summed E-state index contributed by atoms with van der Waals surface area (Å²) in [6, 6.07) is 8.04. The molecule has 0 aliphatic carbocycles. The van der Waals surface area contributed by atoms with Gasteiger partial charge in [0.2, 0.25) is 0 Å². The van der Waals surface area contributed by atoms with Gasteiger partial charge in [-0.3, -0.25) is 4.79 Å². The first-order valence-electron chi connectivity index (χ1n) is 7.47. The molecule has 0 fully saturated rings. The molecule has 0 spiro atoms. The van der Waals surface area contributed by atoms with E-state index in [0.717, 1.165) is 35.8 Å². The molecule has 1 amide bonds. The third-order valence-corrected chi connectivity index (χ3v) is 4.74. The summed E-state index contributed by atoms with van der Waals surface area (Å²) in [6.07, 6.45) is 1.66. The average molecular weight is 316 g/mol. The first-order chi connectivity index (χ1) is 10.7. The van der Waals surface area contributed by atoms with Crippen molar-refractivity contribution in [3.63, 3.8) is 0 Å². The number of amides is 1. The van der Waals surface area contributed by atoms with E-state index >= 15 is 0 Å². The lowest BCUT2D eigenvalue weighted by atomic mass is 10.2. The topological polar surface area (TPSA) is 62.5 Å².